The first kappa shape index (κ1) is 14.8. The number of hydrogen-bond donors (Lipinski definition) is 1. The number of imidazole rings is 1. The number of rotatable bonds is 6. The van der Waals surface area contributed by atoms with Crippen molar-refractivity contribution >= 4 is 0 Å². The van der Waals surface area contributed by atoms with E-state index >= 15 is 0 Å². The minimum atomic E-state index is 0.673. The molecule has 1 heterocycles. The van der Waals surface area contributed by atoms with E-state index in [4.69, 9.17) is 0 Å². The first-order valence-corrected chi connectivity index (χ1v) is 7.31. The highest BCUT2D eigenvalue weighted by Crippen LogP contribution is 2.10. The lowest BCUT2D eigenvalue weighted by Gasteiger charge is -2.06. The summed E-state index contributed by atoms with van der Waals surface area (Å²) in [7, 11) is 0. The summed E-state index contributed by atoms with van der Waals surface area (Å²) in [6.07, 6.45) is 4.05. The van der Waals surface area contributed by atoms with E-state index in [2.05, 4.69) is 67.0 Å². The maximum absolute atomic E-state index is 4.45. The van der Waals surface area contributed by atoms with Crippen LogP contribution in [0.25, 0.3) is 0 Å². The van der Waals surface area contributed by atoms with Crippen molar-refractivity contribution in [2.75, 3.05) is 6.54 Å². The van der Waals surface area contributed by atoms with Crippen LogP contribution in [0, 0.1) is 19.8 Å². The van der Waals surface area contributed by atoms with Gasteiger partial charge in [0, 0.05) is 19.3 Å². The van der Waals surface area contributed by atoms with Gasteiger partial charge < -0.3 is 9.88 Å². The predicted molar refractivity (Wildman–Crippen MR) is 83.8 cm³/mol. The van der Waals surface area contributed by atoms with Gasteiger partial charge in [-0.05, 0) is 31.9 Å². The molecule has 2 aromatic rings. The summed E-state index contributed by atoms with van der Waals surface area (Å²) in [6, 6.07) is 6.69. The van der Waals surface area contributed by atoms with E-state index in [0.29, 0.717) is 5.92 Å². The first-order chi connectivity index (χ1) is 9.52. The Morgan fingerprint density at radius 3 is 2.50 bits per heavy atom. The molecule has 0 saturated carbocycles. The molecule has 3 nitrogen and oxygen atoms in total. The van der Waals surface area contributed by atoms with E-state index in [-0.39, 0.29) is 0 Å². The fourth-order valence-corrected chi connectivity index (χ4v) is 2.44. The fourth-order valence-electron chi connectivity index (χ4n) is 2.44. The first-order valence-electron chi connectivity index (χ1n) is 7.31. The van der Waals surface area contributed by atoms with Gasteiger partial charge in [-0.1, -0.05) is 43.2 Å². The highest BCUT2D eigenvalue weighted by molar-refractivity contribution is 5.28. The highest BCUT2D eigenvalue weighted by Gasteiger charge is 2.02. The summed E-state index contributed by atoms with van der Waals surface area (Å²) in [4.78, 5) is 4.45. The van der Waals surface area contributed by atoms with Crippen molar-refractivity contribution in [1.29, 1.82) is 0 Å². The Balaban J connectivity index is 1.95. The summed E-state index contributed by atoms with van der Waals surface area (Å²) in [6.45, 7) is 11.5. The molecule has 0 atom stereocenters. The second-order valence-corrected chi connectivity index (χ2v) is 6.06. The number of hydrogen-bond acceptors (Lipinski definition) is 2. The van der Waals surface area contributed by atoms with Gasteiger partial charge in [-0.2, -0.15) is 0 Å². The van der Waals surface area contributed by atoms with Gasteiger partial charge in [-0.3, -0.25) is 0 Å². The van der Waals surface area contributed by atoms with Crippen molar-refractivity contribution in [2.24, 2.45) is 5.92 Å². The SMILES string of the molecule is Cc1cc(C)cc(Cn2cnc(CNCC(C)C)c2)c1. The van der Waals surface area contributed by atoms with Crippen LogP contribution in [-0.2, 0) is 13.1 Å². The molecule has 0 aliphatic heterocycles. The lowest BCUT2D eigenvalue weighted by molar-refractivity contribution is 0.548. The molecule has 0 saturated heterocycles. The molecule has 1 aromatic heterocycles. The normalized spacial score (nSPS) is 11.2. The number of aryl methyl sites for hydroxylation is 2. The molecule has 1 aromatic carbocycles. The Morgan fingerprint density at radius 2 is 1.85 bits per heavy atom. The zero-order valence-corrected chi connectivity index (χ0v) is 13.0. The van der Waals surface area contributed by atoms with Gasteiger partial charge in [-0.15, -0.1) is 0 Å². The van der Waals surface area contributed by atoms with Gasteiger partial charge >= 0.3 is 0 Å². The van der Waals surface area contributed by atoms with Crippen LogP contribution in [0.5, 0.6) is 0 Å². The third kappa shape index (κ3) is 4.49. The van der Waals surface area contributed by atoms with Crippen molar-refractivity contribution in [3.63, 3.8) is 0 Å². The zero-order chi connectivity index (χ0) is 14.5. The van der Waals surface area contributed by atoms with Crippen LogP contribution in [0.1, 0.15) is 36.2 Å². The largest absolute Gasteiger partial charge is 0.333 e. The molecule has 1 N–H and O–H groups in total. The van der Waals surface area contributed by atoms with E-state index in [9.17, 15) is 0 Å². The average molecular weight is 271 g/mol. The standard InChI is InChI=1S/C17H25N3/c1-13(2)8-18-9-17-11-20(12-19-17)10-16-6-14(3)5-15(4)7-16/h5-7,11-13,18H,8-10H2,1-4H3. The van der Waals surface area contributed by atoms with Crippen LogP contribution in [-0.4, -0.2) is 16.1 Å². The van der Waals surface area contributed by atoms with Gasteiger partial charge in [0.1, 0.15) is 0 Å². The van der Waals surface area contributed by atoms with Crippen LogP contribution in [0.15, 0.2) is 30.7 Å². The molecule has 0 bridgehead atoms. The van der Waals surface area contributed by atoms with E-state index in [1.807, 2.05) is 6.33 Å². The van der Waals surface area contributed by atoms with Crippen LogP contribution in [0.3, 0.4) is 0 Å². The third-order valence-electron chi connectivity index (χ3n) is 3.19. The van der Waals surface area contributed by atoms with Crippen molar-refractivity contribution in [1.82, 2.24) is 14.9 Å². The monoisotopic (exact) mass is 271 g/mol. The molecule has 0 spiro atoms. The summed E-state index contributed by atoms with van der Waals surface area (Å²) >= 11 is 0. The molecule has 108 valence electrons. The minimum absolute atomic E-state index is 0.673. The quantitative estimate of drug-likeness (QED) is 0.873. The Labute approximate surface area is 122 Å². The van der Waals surface area contributed by atoms with E-state index in [0.717, 1.165) is 25.3 Å². The van der Waals surface area contributed by atoms with Gasteiger partial charge in [0.15, 0.2) is 0 Å². The molecule has 0 unspecified atom stereocenters. The van der Waals surface area contributed by atoms with E-state index in [1.165, 1.54) is 16.7 Å². The van der Waals surface area contributed by atoms with Crippen molar-refractivity contribution < 1.29 is 0 Å². The minimum Gasteiger partial charge on any atom is -0.333 e. The molecule has 0 aliphatic rings. The second kappa shape index (κ2) is 6.71. The van der Waals surface area contributed by atoms with Crippen LogP contribution >= 0.6 is 0 Å². The summed E-state index contributed by atoms with van der Waals surface area (Å²) in [5.41, 5.74) is 5.08. The lowest BCUT2D eigenvalue weighted by atomic mass is 10.1. The highest BCUT2D eigenvalue weighted by atomic mass is 15.0. The molecule has 0 amide bonds. The maximum atomic E-state index is 4.45. The maximum Gasteiger partial charge on any atom is 0.0953 e. The number of benzene rings is 1. The van der Waals surface area contributed by atoms with Crippen LogP contribution in [0.4, 0.5) is 0 Å². The van der Waals surface area contributed by atoms with Crippen LogP contribution in [0.2, 0.25) is 0 Å². The van der Waals surface area contributed by atoms with E-state index < -0.39 is 0 Å². The molecule has 20 heavy (non-hydrogen) atoms. The van der Waals surface area contributed by atoms with Gasteiger partial charge in [0.2, 0.25) is 0 Å². The Bertz CT molecular complexity index is 535. The summed E-state index contributed by atoms with van der Waals surface area (Å²) in [5, 5.41) is 3.42. The Hall–Kier alpha value is -1.61. The third-order valence-corrected chi connectivity index (χ3v) is 3.19. The molecular formula is C17H25N3. The van der Waals surface area contributed by atoms with Crippen molar-refractivity contribution in [3.05, 3.63) is 53.1 Å². The Morgan fingerprint density at radius 1 is 1.15 bits per heavy atom. The van der Waals surface area contributed by atoms with Crippen molar-refractivity contribution in [3.8, 4) is 0 Å². The molecule has 0 fully saturated rings. The molecule has 0 aliphatic carbocycles. The molecule has 2 rings (SSSR count). The lowest BCUT2D eigenvalue weighted by Crippen LogP contribution is -2.19. The average Bonchev–Trinajstić information content (AvgIpc) is 2.74. The van der Waals surface area contributed by atoms with Gasteiger partial charge in [0.25, 0.3) is 0 Å². The van der Waals surface area contributed by atoms with Crippen molar-refractivity contribution in [2.45, 2.75) is 40.8 Å². The number of nitrogens with zero attached hydrogens (tertiary/aromatic N) is 2. The van der Waals surface area contributed by atoms with E-state index in [1.54, 1.807) is 0 Å². The summed E-state index contributed by atoms with van der Waals surface area (Å²) < 4.78 is 2.15. The number of nitrogens with one attached hydrogen (secondary N) is 1. The van der Waals surface area contributed by atoms with Crippen LogP contribution < -0.4 is 5.32 Å². The zero-order valence-electron chi connectivity index (χ0n) is 13.0. The fraction of sp³-hybridized carbons (Fsp3) is 0.471. The smallest absolute Gasteiger partial charge is 0.0953 e. The molecular weight excluding hydrogens is 246 g/mol. The second-order valence-electron chi connectivity index (χ2n) is 6.06. The van der Waals surface area contributed by atoms with Gasteiger partial charge in [-0.25, -0.2) is 4.98 Å². The predicted octanol–water partition coefficient (Wildman–Crippen LogP) is 3.29. The number of aromatic nitrogens is 2. The molecule has 0 radical (unpaired) electrons. The summed E-state index contributed by atoms with van der Waals surface area (Å²) in [5.74, 6) is 0.673. The Kier molecular flexibility index (Phi) is 4.96. The van der Waals surface area contributed by atoms with Gasteiger partial charge in [0.05, 0.1) is 12.0 Å². The molecule has 3 heteroatoms. The topological polar surface area (TPSA) is 29.9 Å².